The van der Waals surface area contributed by atoms with E-state index in [0.717, 1.165) is 37.6 Å². The van der Waals surface area contributed by atoms with Crippen molar-refractivity contribution < 1.29 is 13.9 Å². The summed E-state index contributed by atoms with van der Waals surface area (Å²) in [6.45, 7) is 5.13. The van der Waals surface area contributed by atoms with Crippen LogP contribution in [-0.4, -0.2) is 76.9 Å². The second-order valence-corrected chi connectivity index (χ2v) is 7.23. The SMILES string of the molecule is CN=C(NCc1ccc(F)c(CN(C)C)c1)N1CCC(COCCOC)C1.I. The molecule has 1 aromatic carbocycles. The first-order valence-electron chi connectivity index (χ1n) is 9.47. The minimum absolute atomic E-state index is 0. The Hall–Kier alpha value is -0.970. The summed E-state index contributed by atoms with van der Waals surface area (Å²) in [4.78, 5) is 8.63. The Morgan fingerprint density at radius 1 is 1.36 bits per heavy atom. The molecule has 1 N–H and O–H groups in total. The zero-order chi connectivity index (χ0) is 19.6. The number of benzene rings is 1. The third-order valence-corrected chi connectivity index (χ3v) is 4.63. The highest BCUT2D eigenvalue weighted by molar-refractivity contribution is 14.0. The molecule has 0 spiro atoms. The number of hydrogen-bond acceptors (Lipinski definition) is 4. The Balaban J connectivity index is 0.00000392. The van der Waals surface area contributed by atoms with Crippen LogP contribution in [-0.2, 0) is 22.6 Å². The Morgan fingerprint density at radius 2 is 2.14 bits per heavy atom. The predicted molar refractivity (Wildman–Crippen MR) is 122 cm³/mol. The van der Waals surface area contributed by atoms with Crippen LogP contribution >= 0.6 is 24.0 Å². The van der Waals surface area contributed by atoms with Gasteiger partial charge in [-0.05, 0) is 38.2 Å². The monoisotopic (exact) mass is 508 g/mol. The third kappa shape index (κ3) is 8.18. The van der Waals surface area contributed by atoms with Crippen LogP contribution in [0.25, 0.3) is 0 Å². The molecule has 0 saturated carbocycles. The quantitative estimate of drug-likeness (QED) is 0.241. The van der Waals surface area contributed by atoms with E-state index in [0.29, 0.717) is 37.8 Å². The number of ether oxygens (including phenoxy) is 2. The van der Waals surface area contributed by atoms with Gasteiger partial charge in [-0.15, -0.1) is 24.0 Å². The van der Waals surface area contributed by atoms with Gasteiger partial charge in [-0.25, -0.2) is 4.39 Å². The normalized spacial score (nSPS) is 17.1. The van der Waals surface area contributed by atoms with E-state index < -0.39 is 0 Å². The average Bonchev–Trinajstić information content (AvgIpc) is 3.10. The lowest BCUT2D eigenvalue weighted by Gasteiger charge is -2.22. The van der Waals surface area contributed by atoms with Gasteiger partial charge in [-0.3, -0.25) is 4.99 Å². The van der Waals surface area contributed by atoms with Crippen LogP contribution in [0.4, 0.5) is 4.39 Å². The van der Waals surface area contributed by atoms with E-state index in [9.17, 15) is 4.39 Å². The molecule has 1 saturated heterocycles. The second-order valence-electron chi connectivity index (χ2n) is 7.23. The van der Waals surface area contributed by atoms with Crippen molar-refractivity contribution >= 4 is 29.9 Å². The van der Waals surface area contributed by atoms with Crippen molar-refractivity contribution in [3.05, 3.63) is 35.1 Å². The molecule has 1 aliphatic rings. The summed E-state index contributed by atoms with van der Waals surface area (Å²) in [5.41, 5.74) is 1.76. The van der Waals surface area contributed by atoms with Gasteiger partial charge in [0.05, 0.1) is 19.8 Å². The third-order valence-electron chi connectivity index (χ3n) is 4.63. The lowest BCUT2D eigenvalue weighted by atomic mass is 10.1. The molecule has 1 atom stereocenters. The molecule has 160 valence electrons. The van der Waals surface area contributed by atoms with Gasteiger partial charge >= 0.3 is 0 Å². The molecule has 2 rings (SSSR count). The second kappa shape index (κ2) is 13.3. The highest BCUT2D eigenvalue weighted by Gasteiger charge is 2.24. The number of likely N-dealkylation sites (tertiary alicyclic amines) is 1. The zero-order valence-electron chi connectivity index (χ0n) is 17.4. The molecule has 0 aromatic heterocycles. The molecule has 1 heterocycles. The maximum atomic E-state index is 13.9. The van der Waals surface area contributed by atoms with Crippen molar-refractivity contribution in [2.75, 3.05) is 61.2 Å². The van der Waals surface area contributed by atoms with E-state index >= 15 is 0 Å². The van der Waals surface area contributed by atoms with E-state index in [1.165, 1.54) is 0 Å². The minimum Gasteiger partial charge on any atom is -0.382 e. The first-order valence-corrected chi connectivity index (χ1v) is 9.47. The molecule has 0 aliphatic carbocycles. The van der Waals surface area contributed by atoms with Gasteiger partial charge < -0.3 is 24.6 Å². The van der Waals surface area contributed by atoms with Gasteiger partial charge in [0.2, 0.25) is 0 Å². The fourth-order valence-electron chi connectivity index (χ4n) is 3.27. The number of guanidine groups is 1. The van der Waals surface area contributed by atoms with Gasteiger partial charge in [0, 0.05) is 51.8 Å². The summed E-state index contributed by atoms with van der Waals surface area (Å²) in [6, 6.07) is 5.29. The van der Waals surface area contributed by atoms with Crippen molar-refractivity contribution in [1.82, 2.24) is 15.1 Å². The lowest BCUT2D eigenvalue weighted by molar-refractivity contribution is 0.0536. The smallest absolute Gasteiger partial charge is 0.193 e. The van der Waals surface area contributed by atoms with Crippen LogP contribution < -0.4 is 5.32 Å². The molecule has 1 aliphatic heterocycles. The molecular formula is C20H34FIN4O2. The summed E-state index contributed by atoms with van der Waals surface area (Å²) in [6.07, 6.45) is 1.09. The number of hydrogen-bond donors (Lipinski definition) is 1. The molecule has 0 bridgehead atoms. The molecule has 0 radical (unpaired) electrons. The van der Waals surface area contributed by atoms with Crippen molar-refractivity contribution in [2.24, 2.45) is 10.9 Å². The first kappa shape index (κ1) is 25.1. The van der Waals surface area contributed by atoms with Crippen molar-refractivity contribution in [2.45, 2.75) is 19.5 Å². The number of rotatable bonds is 9. The molecule has 8 heteroatoms. The predicted octanol–water partition coefficient (Wildman–Crippen LogP) is 2.57. The van der Waals surface area contributed by atoms with Crippen LogP contribution in [0.2, 0.25) is 0 Å². The van der Waals surface area contributed by atoms with Crippen molar-refractivity contribution in [3.8, 4) is 0 Å². The average molecular weight is 508 g/mol. The van der Waals surface area contributed by atoms with Crippen molar-refractivity contribution in [3.63, 3.8) is 0 Å². The summed E-state index contributed by atoms with van der Waals surface area (Å²) >= 11 is 0. The summed E-state index contributed by atoms with van der Waals surface area (Å²) in [7, 11) is 7.36. The van der Waals surface area contributed by atoms with Gasteiger partial charge in [-0.2, -0.15) is 0 Å². The van der Waals surface area contributed by atoms with E-state index in [-0.39, 0.29) is 29.8 Å². The fraction of sp³-hybridized carbons (Fsp3) is 0.650. The largest absolute Gasteiger partial charge is 0.382 e. The summed E-state index contributed by atoms with van der Waals surface area (Å²) in [5.74, 6) is 1.23. The number of aliphatic imine (C=N–C) groups is 1. The van der Waals surface area contributed by atoms with Crippen LogP contribution in [0.15, 0.2) is 23.2 Å². The Labute approximate surface area is 185 Å². The lowest BCUT2D eigenvalue weighted by Crippen LogP contribution is -2.39. The number of methoxy groups -OCH3 is 1. The topological polar surface area (TPSA) is 49.3 Å². The molecule has 1 aromatic rings. The van der Waals surface area contributed by atoms with Crippen LogP contribution in [0.5, 0.6) is 0 Å². The highest BCUT2D eigenvalue weighted by Crippen LogP contribution is 2.17. The molecule has 6 nitrogen and oxygen atoms in total. The van der Waals surface area contributed by atoms with E-state index in [2.05, 4.69) is 15.2 Å². The molecule has 0 amide bonds. The van der Waals surface area contributed by atoms with Crippen LogP contribution in [0, 0.1) is 11.7 Å². The number of halogens is 2. The first-order chi connectivity index (χ1) is 13.0. The molecule has 1 fully saturated rings. The highest BCUT2D eigenvalue weighted by atomic mass is 127. The Kier molecular flexibility index (Phi) is 11.9. The van der Waals surface area contributed by atoms with E-state index in [1.54, 1.807) is 20.2 Å². The number of nitrogens with zero attached hydrogens (tertiary/aromatic N) is 3. The van der Waals surface area contributed by atoms with Gasteiger partial charge in [0.15, 0.2) is 5.96 Å². The van der Waals surface area contributed by atoms with Gasteiger partial charge in [0.25, 0.3) is 0 Å². The van der Waals surface area contributed by atoms with Gasteiger partial charge in [0.1, 0.15) is 5.82 Å². The van der Waals surface area contributed by atoms with Crippen molar-refractivity contribution in [1.29, 1.82) is 0 Å². The summed E-state index contributed by atoms with van der Waals surface area (Å²) in [5, 5.41) is 3.40. The fourth-order valence-corrected chi connectivity index (χ4v) is 3.27. The minimum atomic E-state index is -0.160. The molecular weight excluding hydrogens is 474 g/mol. The Morgan fingerprint density at radius 3 is 2.82 bits per heavy atom. The summed E-state index contributed by atoms with van der Waals surface area (Å²) < 4.78 is 24.6. The maximum absolute atomic E-state index is 13.9. The zero-order valence-corrected chi connectivity index (χ0v) is 19.7. The van der Waals surface area contributed by atoms with Crippen LogP contribution in [0.1, 0.15) is 17.5 Å². The van der Waals surface area contributed by atoms with E-state index in [4.69, 9.17) is 9.47 Å². The standard InChI is InChI=1S/C20H33FN4O2.HI/c1-22-20(25-8-7-17(13-25)15-27-10-9-26-4)23-12-16-5-6-19(21)18(11-16)14-24(2)3;/h5-6,11,17H,7-10,12-15H2,1-4H3,(H,22,23);1H. The maximum Gasteiger partial charge on any atom is 0.193 e. The Bertz CT molecular complexity index is 616. The van der Waals surface area contributed by atoms with Gasteiger partial charge in [-0.1, -0.05) is 6.07 Å². The molecule has 1 unspecified atom stereocenters. The molecule has 28 heavy (non-hydrogen) atoms. The number of nitrogens with one attached hydrogen (secondary N) is 1. The van der Waals surface area contributed by atoms with Crippen LogP contribution in [0.3, 0.4) is 0 Å². The van der Waals surface area contributed by atoms with E-state index in [1.807, 2.05) is 31.1 Å².